The second kappa shape index (κ2) is 9.43. The lowest BCUT2D eigenvalue weighted by molar-refractivity contribution is 0.0691. The van der Waals surface area contributed by atoms with E-state index in [9.17, 15) is 0 Å². The number of thiocarbonyl (C=S) groups is 1. The van der Waals surface area contributed by atoms with E-state index in [0.29, 0.717) is 6.04 Å². The van der Waals surface area contributed by atoms with Crippen molar-refractivity contribution in [3.05, 3.63) is 24.3 Å². The zero-order chi connectivity index (χ0) is 18.5. The van der Waals surface area contributed by atoms with Crippen LogP contribution >= 0.6 is 24.0 Å². The van der Waals surface area contributed by atoms with Crippen LogP contribution in [0.5, 0.6) is 0 Å². The molecule has 3 rings (SSSR count). The summed E-state index contributed by atoms with van der Waals surface area (Å²) in [6, 6.07) is 9.97. The highest BCUT2D eigenvalue weighted by molar-refractivity contribution is 7.98. The van der Waals surface area contributed by atoms with Crippen LogP contribution in [0.3, 0.4) is 0 Å². The quantitative estimate of drug-likeness (QED) is 0.568. The average Bonchev–Trinajstić information content (AvgIpc) is 2.68. The number of anilines is 1. The molecule has 1 N–H and O–H groups in total. The summed E-state index contributed by atoms with van der Waals surface area (Å²) in [6.45, 7) is 4.56. The minimum absolute atomic E-state index is 0.708. The Labute approximate surface area is 168 Å². The number of thioether (sulfide) groups is 1. The Morgan fingerprint density at radius 3 is 2.62 bits per heavy atom. The Bertz CT molecular complexity index is 599. The predicted molar refractivity (Wildman–Crippen MR) is 118 cm³/mol. The van der Waals surface area contributed by atoms with Crippen molar-refractivity contribution in [2.45, 2.75) is 62.4 Å². The van der Waals surface area contributed by atoms with Gasteiger partial charge in [-0.3, -0.25) is 0 Å². The molecule has 1 aromatic rings. The third kappa shape index (κ3) is 4.93. The van der Waals surface area contributed by atoms with Crippen molar-refractivity contribution in [1.29, 1.82) is 0 Å². The molecule has 0 unspecified atom stereocenters. The van der Waals surface area contributed by atoms with E-state index >= 15 is 0 Å². The minimum Gasteiger partial charge on any atom is -0.349 e. The molecule has 1 aliphatic carbocycles. The first-order chi connectivity index (χ1) is 12.6. The maximum absolute atomic E-state index is 5.68. The number of rotatable bonds is 4. The van der Waals surface area contributed by atoms with Gasteiger partial charge in [0, 0.05) is 35.8 Å². The van der Waals surface area contributed by atoms with Crippen LogP contribution in [0.25, 0.3) is 0 Å². The van der Waals surface area contributed by atoms with Gasteiger partial charge in [0.2, 0.25) is 0 Å². The van der Waals surface area contributed by atoms with Crippen LogP contribution in [-0.4, -0.2) is 53.4 Å². The number of nitrogens with zero attached hydrogens (tertiary/aromatic N) is 2. The number of hydrogen-bond donors (Lipinski definition) is 1. The highest BCUT2D eigenvalue weighted by Gasteiger charge is 2.31. The predicted octanol–water partition coefficient (Wildman–Crippen LogP) is 5.08. The van der Waals surface area contributed by atoms with Crippen molar-refractivity contribution in [1.82, 2.24) is 9.80 Å². The molecule has 1 heterocycles. The Balaban J connectivity index is 1.50. The van der Waals surface area contributed by atoms with Crippen molar-refractivity contribution < 1.29 is 0 Å². The lowest BCUT2D eigenvalue weighted by Crippen LogP contribution is -2.51. The van der Waals surface area contributed by atoms with E-state index in [1.165, 1.54) is 43.4 Å². The molecule has 3 nitrogen and oxygen atoms in total. The number of benzene rings is 1. The van der Waals surface area contributed by atoms with Gasteiger partial charge in [-0.25, -0.2) is 0 Å². The van der Waals surface area contributed by atoms with E-state index in [-0.39, 0.29) is 0 Å². The number of hydrogen-bond acceptors (Lipinski definition) is 3. The van der Waals surface area contributed by atoms with Gasteiger partial charge in [0.1, 0.15) is 0 Å². The van der Waals surface area contributed by atoms with Crippen LogP contribution < -0.4 is 5.32 Å². The molecule has 0 spiro atoms. The maximum Gasteiger partial charge on any atom is 0.173 e. The molecule has 5 heteroatoms. The van der Waals surface area contributed by atoms with Gasteiger partial charge in [0.15, 0.2) is 5.11 Å². The van der Waals surface area contributed by atoms with Crippen LogP contribution in [0, 0.1) is 5.92 Å². The van der Waals surface area contributed by atoms with Gasteiger partial charge < -0.3 is 15.1 Å². The van der Waals surface area contributed by atoms with Crippen LogP contribution in [-0.2, 0) is 0 Å². The molecule has 26 heavy (non-hydrogen) atoms. The summed E-state index contributed by atoms with van der Waals surface area (Å²) in [5.41, 5.74) is 1.09. The van der Waals surface area contributed by atoms with E-state index in [4.69, 9.17) is 12.2 Å². The number of nitrogens with one attached hydrogen (secondary N) is 1. The first-order valence-corrected chi connectivity index (χ1v) is 11.6. The monoisotopic (exact) mass is 391 g/mol. The van der Waals surface area contributed by atoms with Crippen molar-refractivity contribution in [3.63, 3.8) is 0 Å². The van der Waals surface area contributed by atoms with E-state index in [1.54, 1.807) is 11.8 Å². The molecule has 144 valence electrons. The normalized spacial score (nSPS) is 24.7. The Hall–Kier alpha value is -0.780. The SMILES string of the molecule is CSc1cccc(NC(=S)N2CCC(N(C)[C@@H]3CCCC[C@@H]3C)CC2)c1. The van der Waals surface area contributed by atoms with Crippen LogP contribution in [0.2, 0.25) is 0 Å². The summed E-state index contributed by atoms with van der Waals surface area (Å²) in [7, 11) is 2.36. The van der Waals surface area contributed by atoms with E-state index < -0.39 is 0 Å². The summed E-state index contributed by atoms with van der Waals surface area (Å²) in [6.07, 6.45) is 10.1. The second-order valence-electron chi connectivity index (χ2n) is 7.87. The van der Waals surface area contributed by atoms with Gasteiger partial charge in [-0.2, -0.15) is 0 Å². The van der Waals surface area contributed by atoms with Gasteiger partial charge >= 0.3 is 0 Å². The summed E-state index contributed by atoms with van der Waals surface area (Å²) >= 11 is 7.44. The fourth-order valence-electron chi connectivity index (χ4n) is 4.55. The molecule has 0 amide bonds. The molecule has 2 fully saturated rings. The van der Waals surface area contributed by atoms with Crippen molar-refractivity contribution >= 4 is 34.8 Å². The highest BCUT2D eigenvalue weighted by atomic mass is 32.2. The van der Waals surface area contributed by atoms with Crippen LogP contribution in [0.1, 0.15) is 45.4 Å². The van der Waals surface area contributed by atoms with Crippen molar-refractivity contribution in [3.8, 4) is 0 Å². The fourth-order valence-corrected chi connectivity index (χ4v) is 5.31. The van der Waals surface area contributed by atoms with E-state index in [0.717, 1.165) is 35.8 Å². The molecular formula is C21H33N3S2. The van der Waals surface area contributed by atoms with Gasteiger partial charge in [0.05, 0.1) is 0 Å². The maximum atomic E-state index is 5.68. The zero-order valence-electron chi connectivity index (χ0n) is 16.4. The van der Waals surface area contributed by atoms with Crippen molar-refractivity contribution in [2.24, 2.45) is 5.92 Å². The summed E-state index contributed by atoms with van der Waals surface area (Å²) < 4.78 is 0. The topological polar surface area (TPSA) is 18.5 Å². The van der Waals surface area contributed by atoms with E-state index in [2.05, 4.69) is 59.6 Å². The molecule has 2 atom stereocenters. The third-order valence-corrected chi connectivity index (χ3v) is 7.32. The molecule has 1 saturated carbocycles. The molecule has 0 aromatic heterocycles. The van der Waals surface area contributed by atoms with E-state index in [1.807, 2.05) is 0 Å². The smallest absolute Gasteiger partial charge is 0.173 e. The van der Waals surface area contributed by atoms with Crippen LogP contribution in [0.4, 0.5) is 5.69 Å². The summed E-state index contributed by atoms with van der Waals surface area (Å²) in [5.74, 6) is 0.846. The van der Waals surface area contributed by atoms with Gasteiger partial charge in [-0.15, -0.1) is 11.8 Å². The lowest BCUT2D eigenvalue weighted by Gasteiger charge is -2.44. The standard InChI is InChI=1S/C21H33N3S2/c1-16-7-4-5-10-20(16)23(2)18-11-13-24(14-12-18)21(25)22-17-8-6-9-19(15-17)26-3/h6,8-9,15-16,18,20H,4-5,7,10-14H2,1-3H3,(H,22,25)/t16-,20+/m0/s1. The fraction of sp³-hybridized carbons (Fsp3) is 0.667. The first kappa shape index (κ1) is 20.0. The first-order valence-electron chi connectivity index (χ1n) is 10.0. The Kier molecular flexibility index (Phi) is 7.24. The van der Waals surface area contributed by atoms with Gasteiger partial charge in [-0.05, 0) is 75.3 Å². The minimum atomic E-state index is 0.708. The Morgan fingerprint density at radius 1 is 1.19 bits per heavy atom. The Morgan fingerprint density at radius 2 is 1.92 bits per heavy atom. The number of piperidine rings is 1. The van der Waals surface area contributed by atoms with Crippen molar-refractivity contribution in [2.75, 3.05) is 31.7 Å². The van der Waals surface area contributed by atoms with Gasteiger partial charge in [0.25, 0.3) is 0 Å². The highest BCUT2D eigenvalue weighted by Crippen LogP contribution is 2.30. The number of likely N-dealkylation sites (tertiary alicyclic amines) is 1. The average molecular weight is 392 g/mol. The van der Waals surface area contributed by atoms with Gasteiger partial charge in [-0.1, -0.05) is 25.8 Å². The largest absolute Gasteiger partial charge is 0.349 e. The lowest BCUT2D eigenvalue weighted by atomic mass is 9.84. The molecule has 0 bridgehead atoms. The molecule has 0 radical (unpaired) electrons. The molecule has 1 aliphatic heterocycles. The molecule has 1 saturated heterocycles. The summed E-state index contributed by atoms with van der Waals surface area (Å²) in [5, 5.41) is 4.30. The van der Waals surface area contributed by atoms with Crippen LogP contribution in [0.15, 0.2) is 29.2 Å². The molecule has 1 aromatic carbocycles. The molecular weight excluding hydrogens is 358 g/mol. The zero-order valence-corrected chi connectivity index (χ0v) is 18.0. The summed E-state index contributed by atoms with van der Waals surface area (Å²) in [4.78, 5) is 6.30. The second-order valence-corrected chi connectivity index (χ2v) is 9.14. The molecule has 2 aliphatic rings. The third-order valence-electron chi connectivity index (χ3n) is 6.24.